The zero-order chi connectivity index (χ0) is 20.4. The third-order valence-corrected chi connectivity index (χ3v) is 5.84. The third kappa shape index (κ3) is 5.93. The molecule has 11 heteroatoms. The highest BCUT2D eigenvalue weighted by Crippen LogP contribution is 2.37. The number of benzene rings is 1. The Labute approximate surface area is 164 Å². The Morgan fingerprint density at radius 1 is 1.22 bits per heavy atom. The molecule has 1 aromatic heterocycles. The zero-order valence-electron chi connectivity index (χ0n) is 14.5. The fraction of sp³-hybridized carbons (Fsp3) is 0.312. The standard InChI is InChI=1S/C16H17ClF2N2O4S2/c1-16(2,3)21-27(23,24)12-8-7-11(25-12)14(22)20-10-6-4-5-9(17)13(10)26-15(18)19/h4-8,15,21H,1-3H3,(H,20,22). The number of hydrogen-bond donors (Lipinski definition) is 2. The van der Waals surface area contributed by atoms with Crippen molar-refractivity contribution in [2.45, 2.75) is 42.1 Å². The fourth-order valence-electron chi connectivity index (χ4n) is 2.04. The number of nitrogens with one attached hydrogen (secondary N) is 2. The molecule has 0 saturated heterocycles. The van der Waals surface area contributed by atoms with Gasteiger partial charge in [-0.3, -0.25) is 4.79 Å². The molecular formula is C16H17ClF2N2O4S2. The summed E-state index contributed by atoms with van der Waals surface area (Å²) >= 11 is 6.10. The van der Waals surface area contributed by atoms with E-state index in [1.807, 2.05) is 0 Å². The van der Waals surface area contributed by atoms with Crippen molar-refractivity contribution in [3.8, 4) is 0 Å². The first-order chi connectivity index (χ1) is 12.4. The van der Waals surface area contributed by atoms with Crippen molar-refractivity contribution >= 4 is 45.0 Å². The maximum Gasteiger partial charge on any atom is 0.291 e. The Kier molecular flexibility index (Phi) is 6.56. The zero-order valence-corrected chi connectivity index (χ0v) is 16.9. The number of carbonyl (C=O) groups is 1. The van der Waals surface area contributed by atoms with E-state index in [9.17, 15) is 22.0 Å². The molecule has 0 bridgehead atoms. The van der Waals surface area contributed by atoms with Gasteiger partial charge in [-0.05, 0) is 45.0 Å². The maximum absolute atomic E-state index is 12.7. The summed E-state index contributed by atoms with van der Waals surface area (Å²) in [5.74, 6) is -3.83. The van der Waals surface area contributed by atoms with Crippen LogP contribution in [0.5, 0.6) is 0 Å². The first-order valence-electron chi connectivity index (χ1n) is 7.57. The number of thioether (sulfide) groups is 1. The van der Waals surface area contributed by atoms with E-state index >= 15 is 0 Å². The summed E-state index contributed by atoms with van der Waals surface area (Å²) in [5, 5.41) is 2.02. The number of carbonyl (C=O) groups excluding carboxylic acids is 1. The molecule has 0 radical (unpaired) electrons. The number of furan rings is 1. The molecule has 0 spiro atoms. The van der Waals surface area contributed by atoms with Crippen LogP contribution < -0.4 is 10.0 Å². The molecule has 6 nitrogen and oxygen atoms in total. The normalized spacial score (nSPS) is 12.4. The summed E-state index contributed by atoms with van der Waals surface area (Å²) in [4.78, 5) is 12.3. The van der Waals surface area contributed by atoms with Crippen LogP contribution in [0.2, 0.25) is 5.02 Å². The van der Waals surface area contributed by atoms with Gasteiger partial charge < -0.3 is 9.73 Å². The van der Waals surface area contributed by atoms with Crippen LogP contribution in [0.4, 0.5) is 14.5 Å². The van der Waals surface area contributed by atoms with Crippen LogP contribution in [0.1, 0.15) is 31.3 Å². The highest BCUT2D eigenvalue weighted by molar-refractivity contribution is 7.99. The van der Waals surface area contributed by atoms with E-state index in [1.165, 1.54) is 24.3 Å². The van der Waals surface area contributed by atoms with E-state index in [4.69, 9.17) is 16.0 Å². The lowest BCUT2D eigenvalue weighted by atomic mass is 10.1. The molecule has 0 aliphatic rings. The molecular weight excluding hydrogens is 422 g/mol. The van der Waals surface area contributed by atoms with Gasteiger partial charge in [0.15, 0.2) is 5.76 Å². The van der Waals surface area contributed by atoms with Crippen molar-refractivity contribution in [2.75, 3.05) is 5.32 Å². The number of sulfonamides is 1. The Hall–Kier alpha value is -1.62. The predicted molar refractivity (Wildman–Crippen MR) is 100 cm³/mol. The first kappa shape index (κ1) is 21.7. The lowest BCUT2D eigenvalue weighted by Crippen LogP contribution is -2.40. The van der Waals surface area contributed by atoms with E-state index < -0.39 is 32.3 Å². The second-order valence-corrected chi connectivity index (χ2v) is 9.44. The van der Waals surface area contributed by atoms with Crippen LogP contribution >= 0.6 is 23.4 Å². The minimum absolute atomic E-state index is 0.00341. The summed E-state index contributed by atoms with van der Waals surface area (Å²) in [7, 11) is -3.96. The molecule has 0 aliphatic carbocycles. The van der Waals surface area contributed by atoms with Crippen LogP contribution in [-0.4, -0.2) is 25.6 Å². The number of hydrogen-bond acceptors (Lipinski definition) is 5. The first-order valence-corrected chi connectivity index (χ1v) is 10.3. The lowest BCUT2D eigenvalue weighted by molar-refractivity contribution is 0.0991. The van der Waals surface area contributed by atoms with Crippen LogP contribution in [-0.2, 0) is 10.0 Å². The number of amides is 1. The minimum Gasteiger partial charge on any atom is -0.438 e. The third-order valence-electron chi connectivity index (χ3n) is 2.93. The van der Waals surface area contributed by atoms with Crippen molar-refractivity contribution in [3.05, 3.63) is 41.1 Å². The molecule has 0 unspecified atom stereocenters. The van der Waals surface area contributed by atoms with E-state index in [2.05, 4.69) is 10.0 Å². The number of alkyl halides is 2. The second kappa shape index (κ2) is 8.17. The minimum atomic E-state index is -3.96. The molecule has 1 amide bonds. The summed E-state index contributed by atoms with van der Waals surface area (Å²) in [5.41, 5.74) is -0.678. The van der Waals surface area contributed by atoms with Gasteiger partial charge in [0.2, 0.25) is 5.09 Å². The average molecular weight is 439 g/mol. The molecule has 148 valence electrons. The molecule has 2 aromatic rings. The van der Waals surface area contributed by atoms with Gasteiger partial charge in [-0.1, -0.05) is 29.4 Å². The van der Waals surface area contributed by atoms with Gasteiger partial charge in [-0.25, -0.2) is 13.1 Å². The fourth-order valence-corrected chi connectivity index (χ4v) is 4.31. The van der Waals surface area contributed by atoms with Crippen LogP contribution in [0, 0.1) is 0 Å². The highest BCUT2D eigenvalue weighted by Gasteiger charge is 2.26. The molecule has 0 atom stereocenters. The van der Waals surface area contributed by atoms with Gasteiger partial charge in [-0.2, -0.15) is 8.78 Å². The monoisotopic (exact) mass is 438 g/mol. The van der Waals surface area contributed by atoms with Gasteiger partial charge in [0.05, 0.1) is 15.6 Å². The van der Waals surface area contributed by atoms with Crippen molar-refractivity contribution < 1.29 is 26.4 Å². The maximum atomic E-state index is 12.7. The quantitative estimate of drug-likeness (QED) is 0.644. The molecule has 1 heterocycles. The van der Waals surface area contributed by atoms with Gasteiger partial charge in [0.25, 0.3) is 21.7 Å². The van der Waals surface area contributed by atoms with Gasteiger partial charge in [0.1, 0.15) is 0 Å². The summed E-state index contributed by atoms with van der Waals surface area (Å²) in [6.45, 7) is 4.97. The molecule has 0 aliphatic heterocycles. The average Bonchev–Trinajstić information content (AvgIpc) is 2.99. The predicted octanol–water partition coefficient (Wildman–Crippen LogP) is 4.58. The number of halogens is 3. The topological polar surface area (TPSA) is 88.4 Å². The van der Waals surface area contributed by atoms with E-state index in [0.29, 0.717) is 0 Å². The summed E-state index contributed by atoms with van der Waals surface area (Å²) in [6.07, 6.45) is 0. The second-order valence-electron chi connectivity index (χ2n) is 6.42. The number of rotatable bonds is 6. The highest BCUT2D eigenvalue weighted by atomic mass is 35.5. The number of anilines is 1. The Morgan fingerprint density at radius 3 is 2.48 bits per heavy atom. The Bertz CT molecular complexity index is 940. The molecule has 0 saturated carbocycles. The summed E-state index contributed by atoms with van der Waals surface area (Å²) < 4.78 is 57.4. The van der Waals surface area contributed by atoms with Crippen molar-refractivity contribution in [1.29, 1.82) is 0 Å². The Morgan fingerprint density at radius 2 is 1.89 bits per heavy atom. The van der Waals surface area contributed by atoms with Gasteiger partial charge in [0, 0.05) is 5.54 Å². The van der Waals surface area contributed by atoms with E-state index in [-0.39, 0.29) is 33.1 Å². The molecule has 2 rings (SSSR count). The van der Waals surface area contributed by atoms with Crippen molar-refractivity contribution in [2.24, 2.45) is 0 Å². The smallest absolute Gasteiger partial charge is 0.291 e. The van der Waals surface area contributed by atoms with Gasteiger partial charge in [-0.15, -0.1) is 0 Å². The van der Waals surface area contributed by atoms with E-state index in [0.717, 1.165) is 6.07 Å². The molecule has 27 heavy (non-hydrogen) atoms. The van der Waals surface area contributed by atoms with Crippen LogP contribution in [0.25, 0.3) is 0 Å². The van der Waals surface area contributed by atoms with Crippen LogP contribution in [0.15, 0.2) is 44.7 Å². The largest absolute Gasteiger partial charge is 0.438 e. The van der Waals surface area contributed by atoms with E-state index in [1.54, 1.807) is 20.8 Å². The lowest BCUT2D eigenvalue weighted by Gasteiger charge is -2.19. The summed E-state index contributed by atoms with van der Waals surface area (Å²) in [6, 6.07) is 6.61. The molecule has 2 N–H and O–H groups in total. The van der Waals surface area contributed by atoms with Crippen molar-refractivity contribution in [3.63, 3.8) is 0 Å². The molecule has 0 fully saturated rings. The Balaban J connectivity index is 2.24. The SMILES string of the molecule is CC(C)(C)NS(=O)(=O)c1ccc(C(=O)Nc2cccc(Cl)c2SC(F)F)o1. The van der Waals surface area contributed by atoms with Gasteiger partial charge >= 0.3 is 0 Å². The molecule has 1 aromatic carbocycles. The van der Waals surface area contributed by atoms with Crippen molar-refractivity contribution in [1.82, 2.24) is 4.72 Å². The van der Waals surface area contributed by atoms with Crippen LogP contribution in [0.3, 0.4) is 0 Å².